The molecule has 0 bridgehead atoms. The fourth-order valence-electron chi connectivity index (χ4n) is 1.54. The molecule has 1 aromatic carbocycles. The fraction of sp³-hybridized carbons (Fsp3) is 0.0769. The van der Waals surface area contributed by atoms with E-state index < -0.39 is 22.9 Å². The predicted octanol–water partition coefficient (Wildman–Crippen LogP) is 1.63. The van der Waals surface area contributed by atoms with Crippen LogP contribution in [0.2, 0.25) is 0 Å². The average Bonchev–Trinajstić information content (AvgIpc) is 2.35. The summed E-state index contributed by atoms with van der Waals surface area (Å²) in [4.78, 5) is 22.1. The number of carboxylic acid groups (broad SMARTS) is 1. The number of aromatic hydroxyl groups is 1. The third kappa shape index (κ3) is 2.40. The van der Waals surface area contributed by atoms with Gasteiger partial charge in [0, 0.05) is 12.5 Å². The molecule has 2 aromatic rings. The summed E-state index contributed by atoms with van der Waals surface area (Å²) in [7, 11) is 0. The van der Waals surface area contributed by atoms with Crippen LogP contribution in [-0.4, -0.2) is 16.2 Å². The van der Waals surface area contributed by atoms with Crippen molar-refractivity contribution < 1.29 is 19.4 Å². The molecule has 0 saturated carbocycles. The van der Waals surface area contributed by atoms with E-state index in [0.717, 1.165) is 11.6 Å². The van der Waals surface area contributed by atoms with Gasteiger partial charge in [-0.05, 0) is 5.56 Å². The van der Waals surface area contributed by atoms with Crippen molar-refractivity contribution in [2.45, 2.75) is 6.42 Å². The smallest absolute Gasteiger partial charge is 0.371 e. The van der Waals surface area contributed by atoms with Gasteiger partial charge >= 0.3 is 5.97 Å². The van der Waals surface area contributed by atoms with E-state index in [1.54, 1.807) is 24.3 Å². The number of hydrogen-bond acceptors (Lipinski definition) is 4. The molecule has 0 saturated heterocycles. The van der Waals surface area contributed by atoms with E-state index in [9.17, 15) is 14.7 Å². The van der Waals surface area contributed by atoms with Crippen LogP contribution >= 0.6 is 0 Å². The number of carbonyl (C=O) groups is 1. The summed E-state index contributed by atoms with van der Waals surface area (Å²) in [6.45, 7) is 0. The molecule has 1 aromatic heterocycles. The Balaban J connectivity index is 2.44. The van der Waals surface area contributed by atoms with Crippen LogP contribution < -0.4 is 5.43 Å². The first-order valence-electron chi connectivity index (χ1n) is 5.21. The highest BCUT2D eigenvalue weighted by Gasteiger charge is 2.15. The Hall–Kier alpha value is -2.56. The van der Waals surface area contributed by atoms with Crippen molar-refractivity contribution in [2.75, 3.05) is 0 Å². The van der Waals surface area contributed by atoms with Gasteiger partial charge in [-0.1, -0.05) is 30.3 Å². The molecule has 92 valence electrons. The van der Waals surface area contributed by atoms with Gasteiger partial charge < -0.3 is 14.6 Å². The molecule has 0 fully saturated rings. The first-order chi connectivity index (χ1) is 8.58. The predicted molar refractivity (Wildman–Crippen MR) is 62.9 cm³/mol. The van der Waals surface area contributed by atoms with Crippen LogP contribution in [0.5, 0.6) is 5.75 Å². The van der Waals surface area contributed by atoms with Crippen LogP contribution in [0.15, 0.2) is 45.6 Å². The standard InChI is InChI=1S/C13H10O5/c14-9-7-11(13(16)17)18-10(12(9)15)6-8-4-2-1-3-5-8/h1-5,7,15H,6H2,(H,16,17). The maximum Gasteiger partial charge on any atom is 0.371 e. The summed E-state index contributed by atoms with van der Waals surface area (Å²) >= 11 is 0. The van der Waals surface area contributed by atoms with E-state index in [0.29, 0.717) is 0 Å². The van der Waals surface area contributed by atoms with E-state index in [-0.39, 0.29) is 12.2 Å². The Bertz CT molecular complexity index is 628. The topological polar surface area (TPSA) is 87.7 Å². The molecule has 0 aliphatic rings. The number of hydrogen-bond donors (Lipinski definition) is 2. The molecule has 0 aliphatic heterocycles. The van der Waals surface area contributed by atoms with Crippen molar-refractivity contribution in [1.29, 1.82) is 0 Å². The zero-order valence-corrected chi connectivity index (χ0v) is 9.29. The third-order valence-corrected chi connectivity index (χ3v) is 2.41. The Morgan fingerprint density at radius 1 is 1.22 bits per heavy atom. The van der Waals surface area contributed by atoms with Gasteiger partial charge in [0.1, 0.15) is 0 Å². The molecule has 0 atom stereocenters. The molecule has 18 heavy (non-hydrogen) atoms. The Morgan fingerprint density at radius 2 is 1.89 bits per heavy atom. The van der Waals surface area contributed by atoms with Crippen molar-refractivity contribution in [3.05, 3.63) is 63.7 Å². The zero-order chi connectivity index (χ0) is 13.1. The van der Waals surface area contributed by atoms with E-state index in [4.69, 9.17) is 9.52 Å². The SMILES string of the molecule is O=C(O)c1cc(=O)c(O)c(Cc2ccccc2)o1. The minimum atomic E-state index is -1.35. The lowest BCUT2D eigenvalue weighted by molar-refractivity contribution is 0.0656. The quantitative estimate of drug-likeness (QED) is 0.859. The minimum absolute atomic E-state index is 0.0499. The Kier molecular flexibility index (Phi) is 3.14. The number of rotatable bonds is 3. The van der Waals surface area contributed by atoms with Crippen LogP contribution in [0.25, 0.3) is 0 Å². The van der Waals surface area contributed by atoms with Gasteiger partial charge in [0.2, 0.25) is 16.9 Å². The van der Waals surface area contributed by atoms with E-state index in [2.05, 4.69) is 0 Å². The molecular weight excluding hydrogens is 236 g/mol. The van der Waals surface area contributed by atoms with Crippen LogP contribution in [0, 0.1) is 0 Å². The molecular formula is C13H10O5. The van der Waals surface area contributed by atoms with Crippen LogP contribution in [0.1, 0.15) is 21.9 Å². The van der Waals surface area contributed by atoms with Crippen LogP contribution in [-0.2, 0) is 6.42 Å². The highest BCUT2D eigenvalue weighted by molar-refractivity contribution is 5.84. The number of benzene rings is 1. The zero-order valence-electron chi connectivity index (χ0n) is 9.29. The van der Waals surface area contributed by atoms with E-state index in [1.807, 2.05) is 6.07 Å². The van der Waals surface area contributed by atoms with E-state index in [1.165, 1.54) is 0 Å². The molecule has 2 N–H and O–H groups in total. The summed E-state index contributed by atoms with van der Waals surface area (Å²) < 4.78 is 5.00. The summed E-state index contributed by atoms with van der Waals surface area (Å²) in [5.74, 6) is -2.43. The summed E-state index contributed by atoms with van der Waals surface area (Å²) in [6.07, 6.45) is 0.156. The second-order valence-electron chi connectivity index (χ2n) is 3.71. The van der Waals surface area contributed by atoms with Crippen LogP contribution in [0.3, 0.4) is 0 Å². The highest BCUT2D eigenvalue weighted by Crippen LogP contribution is 2.18. The second kappa shape index (κ2) is 4.75. The summed E-state index contributed by atoms with van der Waals surface area (Å²) in [6, 6.07) is 9.75. The van der Waals surface area contributed by atoms with Gasteiger partial charge in [-0.25, -0.2) is 4.79 Å². The molecule has 0 spiro atoms. The highest BCUT2D eigenvalue weighted by atomic mass is 16.4. The molecule has 0 unspecified atom stereocenters. The number of carboxylic acids is 1. The first-order valence-corrected chi connectivity index (χ1v) is 5.21. The lowest BCUT2D eigenvalue weighted by Gasteiger charge is -2.04. The minimum Gasteiger partial charge on any atom is -0.502 e. The lowest BCUT2D eigenvalue weighted by atomic mass is 10.1. The normalized spacial score (nSPS) is 10.2. The largest absolute Gasteiger partial charge is 0.502 e. The van der Waals surface area contributed by atoms with Crippen molar-refractivity contribution in [2.24, 2.45) is 0 Å². The number of aromatic carboxylic acids is 1. The van der Waals surface area contributed by atoms with Crippen molar-refractivity contribution >= 4 is 5.97 Å². The maximum atomic E-state index is 11.4. The van der Waals surface area contributed by atoms with Gasteiger partial charge in [-0.2, -0.15) is 0 Å². The lowest BCUT2D eigenvalue weighted by Crippen LogP contribution is -2.08. The van der Waals surface area contributed by atoms with Crippen molar-refractivity contribution in [3.8, 4) is 5.75 Å². The Labute approximate surface area is 102 Å². The Morgan fingerprint density at radius 3 is 2.50 bits per heavy atom. The van der Waals surface area contributed by atoms with E-state index >= 15 is 0 Å². The third-order valence-electron chi connectivity index (χ3n) is 2.41. The van der Waals surface area contributed by atoms with Gasteiger partial charge in [0.15, 0.2) is 5.76 Å². The molecule has 2 rings (SSSR count). The van der Waals surface area contributed by atoms with Gasteiger partial charge in [-0.15, -0.1) is 0 Å². The second-order valence-corrected chi connectivity index (χ2v) is 3.71. The fourth-order valence-corrected chi connectivity index (χ4v) is 1.54. The molecule has 0 aliphatic carbocycles. The average molecular weight is 246 g/mol. The maximum absolute atomic E-state index is 11.4. The van der Waals surface area contributed by atoms with Crippen molar-refractivity contribution in [3.63, 3.8) is 0 Å². The molecule has 0 amide bonds. The summed E-state index contributed by atoms with van der Waals surface area (Å²) in [5.41, 5.74) is 0.0445. The van der Waals surface area contributed by atoms with Gasteiger partial charge in [0.05, 0.1) is 0 Å². The molecule has 1 heterocycles. The molecule has 0 radical (unpaired) electrons. The first kappa shape index (κ1) is 11.9. The molecule has 5 heteroatoms. The van der Waals surface area contributed by atoms with Crippen LogP contribution in [0.4, 0.5) is 0 Å². The van der Waals surface area contributed by atoms with Gasteiger partial charge in [0.25, 0.3) is 0 Å². The van der Waals surface area contributed by atoms with Gasteiger partial charge in [-0.3, -0.25) is 4.79 Å². The van der Waals surface area contributed by atoms with Crippen molar-refractivity contribution in [1.82, 2.24) is 0 Å². The summed E-state index contributed by atoms with van der Waals surface area (Å²) in [5, 5.41) is 18.3. The monoisotopic (exact) mass is 246 g/mol. The molecule has 5 nitrogen and oxygen atoms in total.